The van der Waals surface area contributed by atoms with Crippen LogP contribution in [0.4, 0.5) is 0 Å². The molecule has 18 heavy (non-hydrogen) atoms. The van der Waals surface area contributed by atoms with Gasteiger partial charge in [0.1, 0.15) is 24.4 Å². The Labute approximate surface area is 107 Å². The average Bonchev–Trinajstić information content (AvgIpc) is 2.84. The van der Waals surface area contributed by atoms with E-state index in [-0.39, 0.29) is 15.7 Å². The van der Waals surface area contributed by atoms with E-state index in [1.807, 2.05) is 0 Å². The Morgan fingerprint density at radius 1 is 1.33 bits per heavy atom. The van der Waals surface area contributed by atoms with Gasteiger partial charge >= 0.3 is 0 Å². The molecule has 0 saturated carbocycles. The standard InChI is InChI=1S/C10H15NO6S/c1-4(13)10-11-2-6(18-10)8(16)9(17)7(15)5(14)3-12/h2,5,7-9,12,14-17H,3H2,1H3/t5-,7-,8-,9-/m1/s1. The third kappa shape index (κ3) is 3.31. The molecular formula is C10H15NO6S. The van der Waals surface area contributed by atoms with E-state index < -0.39 is 31.0 Å². The summed E-state index contributed by atoms with van der Waals surface area (Å²) in [4.78, 5) is 15.0. The number of aromatic nitrogens is 1. The molecule has 0 aliphatic heterocycles. The summed E-state index contributed by atoms with van der Waals surface area (Å²) in [6.45, 7) is 0.572. The van der Waals surface area contributed by atoms with Crippen LogP contribution in [-0.4, -0.2) is 61.2 Å². The van der Waals surface area contributed by atoms with Crippen molar-refractivity contribution in [3.8, 4) is 0 Å². The van der Waals surface area contributed by atoms with Crippen LogP contribution >= 0.6 is 11.3 Å². The number of Topliss-reactive ketones (excluding diaryl/α,β-unsaturated/α-hetero) is 1. The minimum absolute atomic E-state index is 0.174. The number of ketones is 1. The molecule has 1 aromatic rings. The fraction of sp³-hybridized carbons (Fsp3) is 0.600. The number of rotatable bonds is 6. The summed E-state index contributed by atoms with van der Waals surface area (Å²) < 4.78 is 0. The molecular weight excluding hydrogens is 262 g/mol. The number of thiazole rings is 1. The summed E-state index contributed by atoms with van der Waals surface area (Å²) in [6, 6.07) is 0. The minimum Gasteiger partial charge on any atom is -0.394 e. The van der Waals surface area contributed by atoms with Gasteiger partial charge in [-0.1, -0.05) is 0 Å². The number of aliphatic hydroxyl groups is 5. The van der Waals surface area contributed by atoms with E-state index >= 15 is 0 Å². The first-order valence-corrected chi connectivity index (χ1v) is 6.00. The quantitative estimate of drug-likeness (QED) is 0.398. The van der Waals surface area contributed by atoms with Crippen LogP contribution < -0.4 is 0 Å². The van der Waals surface area contributed by atoms with Crippen molar-refractivity contribution in [3.05, 3.63) is 16.1 Å². The van der Waals surface area contributed by atoms with Crippen molar-refractivity contribution in [2.75, 3.05) is 6.61 Å². The number of carbonyl (C=O) groups excluding carboxylic acids is 1. The lowest BCUT2D eigenvalue weighted by atomic mass is 10.0. The largest absolute Gasteiger partial charge is 0.394 e. The third-order valence-electron chi connectivity index (χ3n) is 2.37. The first kappa shape index (κ1) is 15.2. The second kappa shape index (κ2) is 6.32. The Morgan fingerprint density at radius 3 is 2.39 bits per heavy atom. The van der Waals surface area contributed by atoms with E-state index in [0.29, 0.717) is 0 Å². The smallest absolute Gasteiger partial charge is 0.188 e. The molecule has 7 nitrogen and oxygen atoms in total. The lowest BCUT2D eigenvalue weighted by molar-refractivity contribution is -0.115. The maximum Gasteiger partial charge on any atom is 0.188 e. The number of hydrogen-bond acceptors (Lipinski definition) is 8. The normalized spacial score (nSPS) is 18.1. The second-order valence-electron chi connectivity index (χ2n) is 3.80. The van der Waals surface area contributed by atoms with Crippen molar-refractivity contribution >= 4 is 17.1 Å². The molecule has 5 N–H and O–H groups in total. The summed E-state index contributed by atoms with van der Waals surface area (Å²) in [7, 11) is 0. The molecule has 0 amide bonds. The van der Waals surface area contributed by atoms with Crippen LogP contribution in [0.15, 0.2) is 6.20 Å². The summed E-state index contributed by atoms with van der Waals surface area (Å²) in [6.07, 6.45) is -5.23. The summed E-state index contributed by atoms with van der Waals surface area (Å²) in [5.41, 5.74) is 0. The van der Waals surface area contributed by atoms with Gasteiger partial charge in [-0.25, -0.2) is 4.98 Å². The zero-order chi connectivity index (χ0) is 13.9. The lowest BCUT2D eigenvalue weighted by Crippen LogP contribution is -2.42. The Hall–Kier alpha value is -0.900. The molecule has 102 valence electrons. The molecule has 0 aliphatic rings. The fourth-order valence-corrected chi connectivity index (χ4v) is 2.11. The highest BCUT2D eigenvalue weighted by Crippen LogP contribution is 2.25. The molecule has 0 spiro atoms. The highest BCUT2D eigenvalue weighted by atomic mass is 32.1. The van der Waals surface area contributed by atoms with Crippen LogP contribution in [0.25, 0.3) is 0 Å². The molecule has 0 aromatic carbocycles. The van der Waals surface area contributed by atoms with Gasteiger partial charge in [0, 0.05) is 13.1 Å². The number of carbonyl (C=O) groups is 1. The topological polar surface area (TPSA) is 131 Å². The van der Waals surface area contributed by atoms with E-state index in [4.69, 9.17) is 10.2 Å². The molecule has 0 saturated heterocycles. The zero-order valence-corrected chi connectivity index (χ0v) is 10.4. The zero-order valence-electron chi connectivity index (χ0n) is 9.59. The molecule has 0 fully saturated rings. The minimum atomic E-state index is -1.70. The van der Waals surface area contributed by atoms with Crippen LogP contribution in [0.3, 0.4) is 0 Å². The molecule has 0 unspecified atom stereocenters. The number of hydrogen-bond donors (Lipinski definition) is 5. The van der Waals surface area contributed by atoms with Gasteiger partial charge in [-0.3, -0.25) is 4.79 Å². The van der Waals surface area contributed by atoms with Crippen molar-refractivity contribution in [3.63, 3.8) is 0 Å². The van der Waals surface area contributed by atoms with Crippen molar-refractivity contribution in [1.29, 1.82) is 0 Å². The van der Waals surface area contributed by atoms with Crippen molar-refractivity contribution in [2.24, 2.45) is 0 Å². The summed E-state index contributed by atoms with van der Waals surface area (Å²) in [5, 5.41) is 46.7. The lowest BCUT2D eigenvalue weighted by Gasteiger charge is -2.24. The van der Waals surface area contributed by atoms with Crippen molar-refractivity contribution in [1.82, 2.24) is 4.98 Å². The number of nitrogens with zero attached hydrogens (tertiary/aromatic N) is 1. The van der Waals surface area contributed by atoms with Crippen LogP contribution in [0.1, 0.15) is 27.7 Å². The van der Waals surface area contributed by atoms with E-state index in [1.165, 1.54) is 13.1 Å². The monoisotopic (exact) mass is 277 g/mol. The molecule has 0 bridgehead atoms. The summed E-state index contributed by atoms with van der Waals surface area (Å²) >= 11 is 0.888. The summed E-state index contributed by atoms with van der Waals surface area (Å²) in [5.74, 6) is -0.274. The fourth-order valence-electron chi connectivity index (χ4n) is 1.28. The maximum absolute atomic E-state index is 11.0. The van der Waals surface area contributed by atoms with Gasteiger partial charge in [-0.05, 0) is 0 Å². The third-order valence-corrected chi connectivity index (χ3v) is 3.54. The molecule has 0 aliphatic carbocycles. The van der Waals surface area contributed by atoms with Crippen LogP contribution in [0, 0.1) is 0 Å². The maximum atomic E-state index is 11.0. The highest BCUT2D eigenvalue weighted by Gasteiger charge is 2.32. The van der Waals surface area contributed by atoms with Crippen molar-refractivity contribution in [2.45, 2.75) is 31.3 Å². The Kier molecular flexibility index (Phi) is 5.32. The molecule has 1 rings (SSSR count). The van der Waals surface area contributed by atoms with Gasteiger partial charge in [-0.2, -0.15) is 0 Å². The molecule has 1 aromatic heterocycles. The van der Waals surface area contributed by atoms with Gasteiger partial charge in [0.2, 0.25) is 0 Å². The van der Waals surface area contributed by atoms with Gasteiger partial charge in [0.25, 0.3) is 0 Å². The highest BCUT2D eigenvalue weighted by molar-refractivity contribution is 7.13. The predicted molar refractivity (Wildman–Crippen MR) is 62.2 cm³/mol. The van der Waals surface area contributed by atoms with Crippen molar-refractivity contribution < 1.29 is 30.3 Å². The predicted octanol–water partition coefficient (Wildman–Crippen LogP) is -1.55. The van der Waals surface area contributed by atoms with E-state index in [0.717, 1.165) is 11.3 Å². The number of aliphatic hydroxyl groups excluding tert-OH is 5. The Bertz CT molecular complexity index is 409. The van der Waals surface area contributed by atoms with E-state index in [1.54, 1.807) is 0 Å². The van der Waals surface area contributed by atoms with Gasteiger partial charge in [0.15, 0.2) is 10.8 Å². The van der Waals surface area contributed by atoms with Crippen LogP contribution in [0.2, 0.25) is 0 Å². The first-order chi connectivity index (χ1) is 8.38. The van der Waals surface area contributed by atoms with Crippen LogP contribution in [-0.2, 0) is 0 Å². The SMILES string of the molecule is CC(=O)c1ncc([C@@H](O)[C@H](O)[C@H](O)[C@H](O)CO)s1. The first-order valence-electron chi connectivity index (χ1n) is 5.18. The Morgan fingerprint density at radius 2 is 1.94 bits per heavy atom. The molecule has 0 radical (unpaired) electrons. The van der Waals surface area contributed by atoms with E-state index in [2.05, 4.69) is 4.98 Å². The van der Waals surface area contributed by atoms with Gasteiger partial charge in [-0.15, -0.1) is 11.3 Å². The van der Waals surface area contributed by atoms with Gasteiger partial charge < -0.3 is 25.5 Å². The van der Waals surface area contributed by atoms with E-state index in [9.17, 15) is 20.1 Å². The molecule has 4 atom stereocenters. The molecule has 1 heterocycles. The average molecular weight is 277 g/mol. The Balaban J connectivity index is 2.79. The molecule has 8 heteroatoms. The second-order valence-corrected chi connectivity index (χ2v) is 4.86. The van der Waals surface area contributed by atoms with Gasteiger partial charge in [0.05, 0.1) is 11.5 Å². The van der Waals surface area contributed by atoms with Crippen LogP contribution in [0.5, 0.6) is 0 Å².